The van der Waals surface area contributed by atoms with Gasteiger partial charge in [0, 0.05) is 38.2 Å². The summed E-state index contributed by atoms with van der Waals surface area (Å²) in [6.07, 6.45) is 0.818. The molecule has 138 valence electrons. The van der Waals surface area contributed by atoms with Gasteiger partial charge in [0.05, 0.1) is 10.4 Å². The van der Waals surface area contributed by atoms with Crippen LogP contribution in [0, 0.1) is 0 Å². The second-order valence-electron chi connectivity index (χ2n) is 6.18. The van der Waals surface area contributed by atoms with Crippen molar-refractivity contribution >= 4 is 43.2 Å². The number of halogens is 1. The number of piperazine rings is 1. The van der Waals surface area contributed by atoms with Crippen molar-refractivity contribution in [2.45, 2.75) is 10.6 Å². The van der Waals surface area contributed by atoms with E-state index in [-0.39, 0.29) is 5.91 Å². The first-order chi connectivity index (χ1) is 12.4. The highest BCUT2D eigenvalue weighted by Gasteiger charge is 2.31. The van der Waals surface area contributed by atoms with Crippen LogP contribution in [0.25, 0.3) is 0 Å². The molecule has 4 rings (SSSR count). The Morgan fingerprint density at radius 3 is 2.58 bits per heavy atom. The average molecular weight is 457 g/mol. The highest BCUT2D eigenvalue weighted by molar-refractivity contribution is 9.11. The van der Waals surface area contributed by atoms with E-state index in [1.807, 2.05) is 12.1 Å². The van der Waals surface area contributed by atoms with E-state index in [9.17, 15) is 13.2 Å². The van der Waals surface area contributed by atoms with E-state index in [4.69, 9.17) is 4.74 Å². The third kappa shape index (κ3) is 3.28. The van der Waals surface area contributed by atoms with E-state index < -0.39 is 10.0 Å². The zero-order valence-corrected chi connectivity index (χ0v) is 17.1. The third-order valence-corrected chi connectivity index (χ3v) is 8.59. The second kappa shape index (κ2) is 6.95. The number of rotatable bonds is 3. The fourth-order valence-corrected chi connectivity index (χ4v) is 6.78. The minimum Gasteiger partial charge on any atom is -0.493 e. The number of benzene rings is 1. The predicted molar refractivity (Wildman–Crippen MR) is 102 cm³/mol. The number of fused-ring (bicyclic) bond motifs is 1. The largest absolute Gasteiger partial charge is 0.493 e. The van der Waals surface area contributed by atoms with Gasteiger partial charge >= 0.3 is 0 Å². The van der Waals surface area contributed by atoms with Gasteiger partial charge in [-0.15, -0.1) is 11.3 Å². The molecule has 0 saturated carbocycles. The first-order valence-electron chi connectivity index (χ1n) is 8.25. The zero-order chi connectivity index (χ0) is 18.3. The molecule has 0 N–H and O–H groups in total. The summed E-state index contributed by atoms with van der Waals surface area (Å²) < 4.78 is 33.4. The molecule has 1 amide bonds. The molecule has 1 aromatic heterocycles. The third-order valence-electron chi connectivity index (χ3n) is 4.60. The standard InChI is InChI=1S/C17H17BrN2O4S2/c18-15-3-4-16(25-15)26(22,23)20-8-6-19(7-9-20)17(21)13-1-2-14-12(11-13)5-10-24-14/h1-4,11H,5-10H2. The van der Waals surface area contributed by atoms with E-state index in [1.54, 1.807) is 23.1 Å². The molecule has 0 aliphatic carbocycles. The summed E-state index contributed by atoms with van der Waals surface area (Å²) in [4.78, 5) is 14.5. The Hall–Kier alpha value is -1.42. The van der Waals surface area contributed by atoms with Gasteiger partial charge in [-0.05, 0) is 51.8 Å². The molecule has 0 spiro atoms. The summed E-state index contributed by atoms with van der Waals surface area (Å²) >= 11 is 4.50. The maximum atomic E-state index is 12.7. The van der Waals surface area contributed by atoms with Crippen LogP contribution < -0.4 is 4.74 Å². The van der Waals surface area contributed by atoms with Crippen molar-refractivity contribution in [1.82, 2.24) is 9.21 Å². The molecule has 3 heterocycles. The molecule has 0 radical (unpaired) electrons. The molecule has 9 heteroatoms. The SMILES string of the molecule is O=C(c1ccc2c(c1)CCO2)N1CCN(S(=O)(=O)c2ccc(Br)s2)CC1. The summed E-state index contributed by atoms with van der Waals surface area (Å²) in [5.74, 6) is 0.787. The first-order valence-corrected chi connectivity index (χ1v) is 11.3. The molecule has 2 aliphatic rings. The number of carbonyl (C=O) groups excluding carboxylic acids is 1. The average Bonchev–Trinajstić information content (AvgIpc) is 3.29. The van der Waals surface area contributed by atoms with Crippen LogP contribution >= 0.6 is 27.3 Å². The second-order valence-corrected chi connectivity index (χ2v) is 10.8. The van der Waals surface area contributed by atoms with Crippen LogP contribution in [0.2, 0.25) is 0 Å². The van der Waals surface area contributed by atoms with E-state index >= 15 is 0 Å². The minimum atomic E-state index is -3.50. The van der Waals surface area contributed by atoms with Gasteiger partial charge in [0.15, 0.2) is 0 Å². The molecule has 1 fully saturated rings. The Balaban J connectivity index is 1.44. The highest BCUT2D eigenvalue weighted by Crippen LogP contribution is 2.29. The van der Waals surface area contributed by atoms with Crippen LogP contribution in [0.4, 0.5) is 0 Å². The van der Waals surface area contributed by atoms with Crippen molar-refractivity contribution in [2.24, 2.45) is 0 Å². The summed E-state index contributed by atoms with van der Waals surface area (Å²) in [6.45, 7) is 2.04. The lowest BCUT2D eigenvalue weighted by Crippen LogP contribution is -2.50. The van der Waals surface area contributed by atoms with E-state index in [2.05, 4.69) is 15.9 Å². The van der Waals surface area contributed by atoms with Crippen molar-refractivity contribution < 1.29 is 17.9 Å². The number of thiophene rings is 1. The Morgan fingerprint density at radius 1 is 1.12 bits per heavy atom. The van der Waals surface area contributed by atoms with Crippen LogP contribution in [0.1, 0.15) is 15.9 Å². The van der Waals surface area contributed by atoms with Gasteiger partial charge in [0.25, 0.3) is 15.9 Å². The van der Waals surface area contributed by atoms with Crippen molar-refractivity contribution in [3.05, 3.63) is 45.2 Å². The number of carbonyl (C=O) groups is 1. The Morgan fingerprint density at radius 2 is 1.88 bits per heavy atom. The summed E-state index contributed by atoms with van der Waals surface area (Å²) in [5, 5.41) is 0. The normalized spacial score (nSPS) is 17.8. The van der Waals surface area contributed by atoms with Crippen molar-refractivity contribution in [3.63, 3.8) is 0 Å². The molecule has 0 unspecified atom stereocenters. The number of amides is 1. The van der Waals surface area contributed by atoms with Gasteiger partial charge in [-0.2, -0.15) is 4.31 Å². The lowest BCUT2D eigenvalue weighted by molar-refractivity contribution is 0.0698. The summed E-state index contributed by atoms with van der Waals surface area (Å²) in [6, 6.07) is 8.84. The fraction of sp³-hybridized carbons (Fsp3) is 0.353. The van der Waals surface area contributed by atoms with Crippen LogP contribution in [0.15, 0.2) is 38.3 Å². The molecule has 1 saturated heterocycles. The Kier molecular flexibility index (Phi) is 4.81. The van der Waals surface area contributed by atoms with Crippen LogP contribution in [-0.2, 0) is 16.4 Å². The molecule has 26 heavy (non-hydrogen) atoms. The van der Waals surface area contributed by atoms with Crippen LogP contribution in [-0.4, -0.2) is 56.3 Å². The van der Waals surface area contributed by atoms with Gasteiger partial charge < -0.3 is 9.64 Å². The Bertz CT molecular complexity index is 949. The number of sulfonamides is 1. The summed E-state index contributed by atoms with van der Waals surface area (Å²) in [5.41, 5.74) is 1.69. The van der Waals surface area contributed by atoms with Gasteiger partial charge in [0.2, 0.25) is 0 Å². The summed E-state index contributed by atoms with van der Waals surface area (Å²) in [7, 11) is -3.50. The molecule has 6 nitrogen and oxygen atoms in total. The lowest BCUT2D eigenvalue weighted by Gasteiger charge is -2.33. The number of hydrogen-bond donors (Lipinski definition) is 0. The van der Waals surface area contributed by atoms with E-state index in [0.29, 0.717) is 42.6 Å². The maximum Gasteiger partial charge on any atom is 0.253 e. The number of hydrogen-bond acceptors (Lipinski definition) is 5. The number of nitrogens with zero attached hydrogens (tertiary/aromatic N) is 2. The van der Waals surface area contributed by atoms with E-state index in [1.165, 1.54) is 15.6 Å². The topological polar surface area (TPSA) is 66.9 Å². The highest BCUT2D eigenvalue weighted by atomic mass is 79.9. The minimum absolute atomic E-state index is 0.0596. The quantitative estimate of drug-likeness (QED) is 0.711. The van der Waals surface area contributed by atoms with Gasteiger partial charge in [-0.3, -0.25) is 4.79 Å². The van der Waals surface area contributed by atoms with E-state index in [0.717, 1.165) is 21.5 Å². The number of ether oxygens (including phenoxy) is 1. The predicted octanol–water partition coefficient (Wildman–Crippen LogP) is 2.59. The van der Waals surface area contributed by atoms with Crippen molar-refractivity contribution in [1.29, 1.82) is 0 Å². The van der Waals surface area contributed by atoms with Crippen LogP contribution in [0.5, 0.6) is 5.75 Å². The zero-order valence-electron chi connectivity index (χ0n) is 13.9. The maximum absolute atomic E-state index is 12.7. The van der Waals surface area contributed by atoms with Gasteiger partial charge in [0.1, 0.15) is 9.96 Å². The van der Waals surface area contributed by atoms with Gasteiger partial charge in [-0.1, -0.05) is 0 Å². The lowest BCUT2D eigenvalue weighted by atomic mass is 10.1. The smallest absolute Gasteiger partial charge is 0.253 e. The van der Waals surface area contributed by atoms with Crippen LogP contribution in [0.3, 0.4) is 0 Å². The van der Waals surface area contributed by atoms with Gasteiger partial charge in [-0.25, -0.2) is 8.42 Å². The molecule has 2 aromatic rings. The molecular weight excluding hydrogens is 440 g/mol. The first kappa shape index (κ1) is 18.0. The molecule has 0 atom stereocenters. The van der Waals surface area contributed by atoms with Crippen molar-refractivity contribution in [2.75, 3.05) is 32.8 Å². The monoisotopic (exact) mass is 456 g/mol. The van der Waals surface area contributed by atoms with Crippen molar-refractivity contribution in [3.8, 4) is 5.75 Å². The fourth-order valence-electron chi connectivity index (χ4n) is 3.20. The molecule has 2 aliphatic heterocycles. The molecule has 1 aromatic carbocycles. The molecular formula is C17H17BrN2O4S2. The molecule has 0 bridgehead atoms. The Labute approximate surface area is 164 Å².